The zero-order valence-corrected chi connectivity index (χ0v) is 15.7. The van der Waals surface area contributed by atoms with Crippen molar-refractivity contribution in [3.05, 3.63) is 53.3 Å². The fraction of sp³-hybridized carbons (Fsp3) is 0.263. The van der Waals surface area contributed by atoms with Crippen LogP contribution in [0.3, 0.4) is 0 Å². The Morgan fingerprint density at radius 1 is 1.10 bits per heavy atom. The summed E-state index contributed by atoms with van der Waals surface area (Å²) in [5.74, 6) is -2.60. The summed E-state index contributed by atoms with van der Waals surface area (Å²) >= 11 is 0. The summed E-state index contributed by atoms with van der Waals surface area (Å²) < 4.78 is 66.8. The Balaban J connectivity index is 2.08. The number of esters is 1. The largest absolute Gasteiger partial charge is 0.489 e. The Hall–Kier alpha value is -3.34. The van der Waals surface area contributed by atoms with Gasteiger partial charge < -0.3 is 25.3 Å². The van der Waals surface area contributed by atoms with Crippen molar-refractivity contribution in [2.75, 3.05) is 38.0 Å². The van der Waals surface area contributed by atoms with Crippen LogP contribution in [0.4, 0.5) is 28.9 Å². The number of halogens is 4. The maximum absolute atomic E-state index is 13.0. The van der Waals surface area contributed by atoms with Crippen LogP contribution in [-0.4, -0.2) is 38.8 Å². The second-order valence-corrected chi connectivity index (χ2v) is 5.91. The van der Waals surface area contributed by atoms with Crippen LogP contribution < -0.4 is 15.8 Å². The predicted molar refractivity (Wildman–Crippen MR) is 98.5 cm³/mol. The first-order valence-electron chi connectivity index (χ1n) is 8.46. The average molecular weight is 430 g/mol. The number of amides is 1. The molecule has 2 aromatic rings. The molecule has 1 amide bonds. The third-order valence-electron chi connectivity index (χ3n) is 3.69. The third-order valence-corrected chi connectivity index (χ3v) is 3.69. The summed E-state index contributed by atoms with van der Waals surface area (Å²) in [6.07, 6.45) is -4.64. The van der Waals surface area contributed by atoms with E-state index >= 15 is 0 Å². The molecule has 0 saturated heterocycles. The van der Waals surface area contributed by atoms with E-state index in [-0.39, 0.29) is 35.9 Å². The molecule has 0 aliphatic rings. The zero-order valence-electron chi connectivity index (χ0n) is 15.7. The SMILES string of the molecule is COCCOc1ccc(C(F)(F)F)cc1NC(=O)COC(=O)c1ccc(F)cc1N. The minimum Gasteiger partial charge on any atom is -0.489 e. The summed E-state index contributed by atoms with van der Waals surface area (Å²) in [7, 11) is 1.42. The lowest BCUT2D eigenvalue weighted by atomic mass is 10.1. The summed E-state index contributed by atoms with van der Waals surface area (Å²) in [4.78, 5) is 24.1. The minimum atomic E-state index is -4.64. The van der Waals surface area contributed by atoms with E-state index in [1.54, 1.807) is 0 Å². The Labute approximate surface area is 168 Å². The van der Waals surface area contributed by atoms with Gasteiger partial charge in [0.25, 0.3) is 5.91 Å². The van der Waals surface area contributed by atoms with Gasteiger partial charge in [0, 0.05) is 12.8 Å². The maximum Gasteiger partial charge on any atom is 0.416 e. The molecule has 0 heterocycles. The molecule has 0 radical (unpaired) electrons. The summed E-state index contributed by atoms with van der Waals surface area (Å²) in [6, 6.07) is 5.52. The molecule has 0 aliphatic carbocycles. The molecule has 0 saturated carbocycles. The molecule has 2 rings (SSSR count). The highest BCUT2D eigenvalue weighted by atomic mass is 19.4. The Morgan fingerprint density at radius 3 is 2.47 bits per heavy atom. The highest BCUT2D eigenvalue weighted by Gasteiger charge is 2.31. The third kappa shape index (κ3) is 6.34. The van der Waals surface area contributed by atoms with Gasteiger partial charge in [0.15, 0.2) is 6.61 Å². The van der Waals surface area contributed by atoms with Gasteiger partial charge in [-0.1, -0.05) is 0 Å². The number of nitrogen functional groups attached to an aromatic ring is 1. The van der Waals surface area contributed by atoms with Gasteiger partial charge in [-0.3, -0.25) is 4.79 Å². The lowest BCUT2D eigenvalue weighted by Gasteiger charge is -2.15. The molecule has 0 aromatic heterocycles. The van der Waals surface area contributed by atoms with E-state index in [1.807, 2.05) is 0 Å². The Kier molecular flexibility index (Phi) is 7.59. The molecule has 2 aromatic carbocycles. The van der Waals surface area contributed by atoms with Crippen molar-refractivity contribution < 1.29 is 41.4 Å². The van der Waals surface area contributed by atoms with E-state index in [2.05, 4.69) is 5.32 Å². The fourth-order valence-electron chi connectivity index (χ4n) is 2.28. The van der Waals surface area contributed by atoms with Crippen molar-refractivity contribution in [1.29, 1.82) is 0 Å². The molecular formula is C19H18F4N2O5. The number of carbonyl (C=O) groups excluding carboxylic acids is 2. The molecule has 30 heavy (non-hydrogen) atoms. The summed E-state index contributed by atoms with van der Waals surface area (Å²) in [5, 5.41) is 2.21. The number of benzene rings is 2. The highest BCUT2D eigenvalue weighted by molar-refractivity contribution is 5.98. The second-order valence-electron chi connectivity index (χ2n) is 5.91. The van der Waals surface area contributed by atoms with Gasteiger partial charge in [-0.2, -0.15) is 13.2 Å². The van der Waals surface area contributed by atoms with Crippen LogP contribution >= 0.6 is 0 Å². The van der Waals surface area contributed by atoms with E-state index in [0.29, 0.717) is 6.07 Å². The first-order chi connectivity index (χ1) is 14.1. The van der Waals surface area contributed by atoms with Crippen molar-refractivity contribution in [1.82, 2.24) is 0 Å². The average Bonchev–Trinajstić information content (AvgIpc) is 2.66. The number of anilines is 2. The van der Waals surface area contributed by atoms with Gasteiger partial charge >= 0.3 is 12.1 Å². The normalized spacial score (nSPS) is 11.1. The second kappa shape index (κ2) is 9.92. The standard InChI is InChI=1S/C19H18F4N2O5/c1-28-6-7-29-16-5-2-11(19(21,22)23)8-15(16)25-17(26)10-30-18(27)13-4-3-12(20)9-14(13)24/h2-5,8-9H,6-7,10,24H2,1H3,(H,25,26). The lowest BCUT2D eigenvalue weighted by Crippen LogP contribution is -2.22. The van der Waals surface area contributed by atoms with Crippen LogP contribution in [0.25, 0.3) is 0 Å². The van der Waals surface area contributed by atoms with Crippen LogP contribution in [0.5, 0.6) is 5.75 Å². The van der Waals surface area contributed by atoms with Gasteiger partial charge in [-0.05, 0) is 36.4 Å². The number of nitrogens with two attached hydrogens (primary N) is 1. The zero-order chi connectivity index (χ0) is 22.3. The first-order valence-corrected chi connectivity index (χ1v) is 8.46. The van der Waals surface area contributed by atoms with Crippen LogP contribution in [0.1, 0.15) is 15.9 Å². The lowest BCUT2D eigenvalue weighted by molar-refractivity contribution is -0.137. The molecule has 0 bridgehead atoms. The van der Waals surface area contributed by atoms with E-state index < -0.39 is 36.0 Å². The van der Waals surface area contributed by atoms with Gasteiger partial charge in [0.05, 0.1) is 23.4 Å². The molecule has 7 nitrogen and oxygen atoms in total. The van der Waals surface area contributed by atoms with E-state index in [9.17, 15) is 27.2 Å². The topological polar surface area (TPSA) is 99.9 Å². The highest BCUT2D eigenvalue weighted by Crippen LogP contribution is 2.35. The van der Waals surface area contributed by atoms with Gasteiger partial charge in [0.2, 0.25) is 0 Å². The van der Waals surface area contributed by atoms with Crippen molar-refractivity contribution in [2.24, 2.45) is 0 Å². The molecule has 0 unspecified atom stereocenters. The van der Waals surface area contributed by atoms with Crippen LogP contribution in [0.15, 0.2) is 36.4 Å². The van der Waals surface area contributed by atoms with Crippen molar-refractivity contribution in [3.8, 4) is 5.75 Å². The van der Waals surface area contributed by atoms with Crippen LogP contribution in [0.2, 0.25) is 0 Å². The predicted octanol–water partition coefficient (Wildman–Crippen LogP) is 3.25. The molecule has 0 atom stereocenters. The quantitative estimate of drug-likeness (QED) is 0.289. The minimum absolute atomic E-state index is 0.0255. The molecule has 0 fully saturated rings. The van der Waals surface area contributed by atoms with Gasteiger partial charge in [-0.25, -0.2) is 9.18 Å². The number of hydrogen-bond acceptors (Lipinski definition) is 6. The fourth-order valence-corrected chi connectivity index (χ4v) is 2.28. The number of alkyl halides is 3. The number of ether oxygens (including phenoxy) is 3. The number of carbonyl (C=O) groups is 2. The molecule has 0 aliphatic heterocycles. The Bertz CT molecular complexity index is 918. The smallest absolute Gasteiger partial charge is 0.416 e. The number of hydrogen-bond donors (Lipinski definition) is 2. The molecule has 162 valence electrons. The Morgan fingerprint density at radius 2 is 1.83 bits per heavy atom. The maximum atomic E-state index is 13.0. The first kappa shape index (κ1) is 22.9. The summed E-state index contributed by atoms with van der Waals surface area (Å²) in [6.45, 7) is -0.613. The van der Waals surface area contributed by atoms with Gasteiger partial charge in [0.1, 0.15) is 18.2 Å². The van der Waals surface area contributed by atoms with Crippen LogP contribution in [0, 0.1) is 5.82 Å². The number of methoxy groups -OCH3 is 1. The van der Waals surface area contributed by atoms with E-state index in [1.165, 1.54) is 7.11 Å². The van der Waals surface area contributed by atoms with Crippen molar-refractivity contribution >= 4 is 23.3 Å². The molecular weight excluding hydrogens is 412 g/mol. The van der Waals surface area contributed by atoms with E-state index in [4.69, 9.17) is 19.9 Å². The summed E-state index contributed by atoms with van der Waals surface area (Å²) in [5.41, 5.74) is 3.90. The van der Waals surface area contributed by atoms with Gasteiger partial charge in [-0.15, -0.1) is 0 Å². The number of rotatable bonds is 8. The van der Waals surface area contributed by atoms with Crippen molar-refractivity contribution in [2.45, 2.75) is 6.18 Å². The number of nitrogens with one attached hydrogen (secondary N) is 1. The van der Waals surface area contributed by atoms with Crippen LogP contribution in [-0.2, 0) is 20.4 Å². The molecule has 3 N–H and O–H groups in total. The molecule has 0 spiro atoms. The van der Waals surface area contributed by atoms with Crippen molar-refractivity contribution in [3.63, 3.8) is 0 Å². The van der Waals surface area contributed by atoms with E-state index in [0.717, 1.165) is 30.3 Å². The monoisotopic (exact) mass is 430 g/mol. The molecule has 11 heteroatoms.